The lowest BCUT2D eigenvalue weighted by atomic mass is 10.1. The number of nitrogens with zero attached hydrogens (tertiary/aromatic N) is 1. The molecule has 1 heterocycles. The predicted molar refractivity (Wildman–Crippen MR) is 101 cm³/mol. The lowest BCUT2D eigenvalue weighted by Crippen LogP contribution is -2.32. The van der Waals surface area contributed by atoms with Gasteiger partial charge in [0, 0.05) is 5.56 Å². The Bertz CT molecular complexity index is 962. The second kappa shape index (κ2) is 7.03. The maximum Gasteiger partial charge on any atom is 0.251 e. The van der Waals surface area contributed by atoms with E-state index in [1.54, 1.807) is 6.07 Å². The normalized spacial score (nSPS) is 10.7. The van der Waals surface area contributed by atoms with E-state index in [1.165, 1.54) is 11.3 Å². The van der Waals surface area contributed by atoms with Gasteiger partial charge in [0.25, 0.3) is 5.91 Å². The number of amides is 2. The fourth-order valence-electron chi connectivity index (χ4n) is 2.45. The quantitative estimate of drug-likeness (QED) is 0.753. The lowest BCUT2D eigenvalue weighted by Gasteiger charge is -2.07. The molecule has 0 saturated heterocycles. The number of hydrogen-bond donors (Lipinski definition) is 2. The number of aryl methyl sites for hydroxylation is 3. The van der Waals surface area contributed by atoms with E-state index >= 15 is 0 Å². The molecule has 0 aliphatic heterocycles. The summed E-state index contributed by atoms with van der Waals surface area (Å²) in [5.74, 6) is -0.563. The number of carbonyl (C=O) groups is 2. The van der Waals surface area contributed by atoms with Gasteiger partial charge in [-0.1, -0.05) is 29.5 Å². The van der Waals surface area contributed by atoms with Crippen molar-refractivity contribution < 1.29 is 9.59 Å². The second-order valence-electron chi connectivity index (χ2n) is 5.97. The van der Waals surface area contributed by atoms with Crippen LogP contribution in [-0.4, -0.2) is 23.3 Å². The highest BCUT2D eigenvalue weighted by Crippen LogP contribution is 2.27. The third kappa shape index (κ3) is 3.85. The molecule has 0 spiro atoms. The number of hydrogen-bond acceptors (Lipinski definition) is 4. The molecule has 25 heavy (non-hydrogen) atoms. The van der Waals surface area contributed by atoms with Crippen molar-refractivity contribution in [3.63, 3.8) is 0 Å². The monoisotopic (exact) mass is 353 g/mol. The van der Waals surface area contributed by atoms with Gasteiger partial charge in [0.15, 0.2) is 5.13 Å². The molecule has 0 saturated carbocycles. The molecule has 2 amide bonds. The minimum Gasteiger partial charge on any atom is -0.343 e. The number of carbonyl (C=O) groups excluding carboxylic acids is 2. The summed E-state index contributed by atoms with van der Waals surface area (Å²) < 4.78 is 1.02. The van der Waals surface area contributed by atoms with E-state index in [0.29, 0.717) is 10.7 Å². The standard InChI is InChI=1S/C19H19N3O2S/c1-11-7-8-14(9-13(11)3)18(24)20-10-16(23)21-19-22-17-12(2)5-4-6-15(17)25-19/h4-9H,10H2,1-3H3,(H,20,24)(H,21,22,23). The Labute approximate surface area is 150 Å². The maximum absolute atomic E-state index is 12.1. The summed E-state index contributed by atoms with van der Waals surface area (Å²) in [4.78, 5) is 28.7. The molecule has 0 aliphatic rings. The Balaban J connectivity index is 1.61. The van der Waals surface area contributed by atoms with E-state index in [4.69, 9.17) is 0 Å². The Kier molecular flexibility index (Phi) is 4.81. The average Bonchev–Trinajstić information content (AvgIpc) is 2.99. The van der Waals surface area contributed by atoms with E-state index in [9.17, 15) is 9.59 Å². The molecular formula is C19H19N3O2S. The minimum atomic E-state index is -0.297. The second-order valence-corrected chi connectivity index (χ2v) is 7.00. The number of thiazole rings is 1. The Morgan fingerprint density at radius 1 is 1.04 bits per heavy atom. The van der Waals surface area contributed by atoms with Crippen LogP contribution in [0.15, 0.2) is 36.4 Å². The highest BCUT2D eigenvalue weighted by molar-refractivity contribution is 7.22. The van der Waals surface area contributed by atoms with Gasteiger partial charge in [0.1, 0.15) is 0 Å². The predicted octanol–water partition coefficient (Wildman–Crippen LogP) is 3.59. The van der Waals surface area contributed by atoms with Gasteiger partial charge in [-0.3, -0.25) is 9.59 Å². The topological polar surface area (TPSA) is 71.1 Å². The van der Waals surface area contributed by atoms with Crippen molar-refractivity contribution in [2.45, 2.75) is 20.8 Å². The van der Waals surface area contributed by atoms with Gasteiger partial charge in [0.05, 0.1) is 16.8 Å². The van der Waals surface area contributed by atoms with Crippen molar-refractivity contribution in [2.75, 3.05) is 11.9 Å². The lowest BCUT2D eigenvalue weighted by molar-refractivity contribution is -0.115. The van der Waals surface area contributed by atoms with Gasteiger partial charge in [-0.15, -0.1) is 0 Å². The number of aromatic nitrogens is 1. The number of para-hydroxylation sites is 1. The summed E-state index contributed by atoms with van der Waals surface area (Å²) >= 11 is 1.42. The van der Waals surface area contributed by atoms with Crippen molar-refractivity contribution in [2.24, 2.45) is 0 Å². The summed E-state index contributed by atoms with van der Waals surface area (Å²) in [7, 11) is 0. The molecule has 0 radical (unpaired) electrons. The number of anilines is 1. The SMILES string of the molecule is Cc1ccc(C(=O)NCC(=O)Nc2nc3c(C)cccc3s2)cc1C. The van der Waals surface area contributed by atoms with Crippen LogP contribution in [-0.2, 0) is 4.79 Å². The van der Waals surface area contributed by atoms with Crippen molar-refractivity contribution >= 4 is 38.5 Å². The third-order valence-electron chi connectivity index (χ3n) is 4.05. The van der Waals surface area contributed by atoms with Crippen LogP contribution < -0.4 is 10.6 Å². The summed E-state index contributed by atoms with van der Waals surface area (Å²) in [5, 5.41) is 5.91. The summed E-state index contributed by atoms with van der Waals surface area (Å²) in [6.45, 7) is 5.83. The Morgan fingerprint density at radius 3 is 2.56 bits per heavy atom. The average molecular weight is 353 g/mol. The van der Waals surface area contributed by atoms with Crippen LogP contribution in [0.5, 0.6) is 0 Å². The van der Waals surface area contributed by atoms with Crippen LogP contribution in [0, 0.1) is 20.8 Å². The largest absolute Gasteiger partial charge is 0.343 e. The van der Waals surface area contributed by atoms with Crippen LogP contribution >= 0.6 is 11.3 Å². The van der Waals surface area contributed by atoms with E-state index in [2.05, 4.69) is 15.6 Å². The van der Waals surface area contributed by atoms with Crippen molar-refractivity contribution in [3.8, 4) is 0 Å². The number of rotatable bonds is 4. The Morgan fingerprint density at radius 2 is 1.84 bits per heavy atom. The first-order valence-corrected chi connectivity index (χ1v) is 8.77. The van der Waals surface area contributed by atoms with Gasteiger partial charge in [0.2, 0.25) is 5.91 Å². The first kappa shape index (κ1) is 17.1. The molecule has 0 bridgehead atoms. The van der Waals surface area contributed by atoms with Crippen molar-refractivity contribution in [3.05, 3.63) is 58.7 Å². The van der Waals surface area contributed by atoms with Crippen LogP contribution in [0.1, 0.15) is 27.0 Å². The van der Waals surface area contributed by atoms with Crippen LogP contribution in [0.4, 0.5) is 5.13 Å². The molecule has 0 atom stereocenters. The molecule has 2 aromatic carbocycles. The van der Waals surface area contributed by atoms with Gasteiger partial charge < -0.3 is 10.6 Å². The maximum atomic E-state index is 12.1. The minimum absolute atomic E-state index is 0.0966. The molecule has 3 aromatic rings. The molecule has 3 rings (SSSR count). The van der Waals surface area contributed by atoms with Crippen molar-refractivity contribution in [1.29, 1.82) is 0 Å². The Hall–Kier alpha value is -2.73. The highest BCUT2D eigenvalue weighted by Gasteiger charge is 2.11. The molecule has 1 aromatic heterocycles. The molecule has 0 aliphatic carbocycles. The summed E-state index contributed by atoms with van der Waals surface area (Å²) in [6.07, 6.45) is 0. The van der Waals surface area contributed by atoms with Crippen LogP contribution in [0.3, 0.4) is 0 Å². The van der Waals surface area contributed by atoms with Crippen LogP contribution in [0.25, 0.3) is 10.2 Å². The van der Waals surface area contributed by atoms with Crippen LogP contribution in [0.2, 0.25) is 0 Å². The smallest absolute Gasteiger partial charge is 0.251 e. The zero-order valence-corrected chi connectivity index (χ0v) is 15.2. The fourth-order valence-corrected chi connectivity index (χ4v) is 3.41. The van der Waals surface area contributed by atoms with Gasteiger partial charge in [-0.25, -0.2) is 4.98 Å². The number of fused-ring (bicyclic) bond motifs is 1. The molecule has 128 valence electrons. The first-order valence-electron chi connectivity index (χ1n) is 7.95. The number of nitrogens with one attached hydrogen (secondary N) is 2. The first-order chi connectivity index (χ1) is 11.9. The summed E-state index contributed by atoms with van der Waals surface area (Å²) in [6, 6.07) is 11.4. The van der Waals surface area contributed by atoms with Gasteiger partial charge in [-0.2, -0.15) is 0 Å². The molecule has 6 heteroatoms. The van der Waals surface area contributed by atoms with Crippen molar-refractivity contribution in [1.82, 2.24) is 10.3 Å². The zero-order chi connectivity index (χ0) is 18.0. The van der Waals surface area contributed by atoms with Gasteiger partial charge >= 0.3 is 0 Å². The van der Waals surface area contributed by atoms with E-state index < -0.39 is 0 Å². The van der Waals surface area contributed by atoms with E-state index in [1.807, 2.05) is 51.1 Å². The third-order valence-corrected chi connectivity index (χ3v) is 4.98. The molecule has 5 nitrogen and oxygen atoms in total. The zero-order valence-electron chi connectivity index (χ0n) is 14.3. The molecular weight excluding hydrogens is 334 g/mol. The molecule has 0 fully saturated rings. The summed E-state index contributed by atoms with van der Waals surface area (Å²) in [5.41, 5.74) is 4.67. The molecule has 2 N–H and O–H groups in total. The van der Waals surface area contributed by atoms with Gasteiger partial charge in [-0.05, 0) is 55.7 Å². The van der Waals surface area contributed by atoms with E-state index in [-0.39, 0.29) is 18.4 Å². The van der Waals surface area contributed by atoms with E-state index in [0.717, 1.165) is 26.9 Å². The number of benzene rings is 2. The molecule has 0 unspecified atom stereocenters. The fraction of sp³-hybridized carbons (Fsp3) is 0.211. The highest BCUT2D eigenvalue weighted by atomic mass is 32.1.